The summed E-state index contributed by atoms with van der Waals surface area (Å²) in [6.07, 6.45) is 1.34. The molecule has 0 aromatic heterocycles. The van der Waals surface area contributed by atoms with Crippen LogP contribution < -0.4 is 20.0 Å². The third kappa shape index (κ3) is 3.15. The normalized spacial score (nSPS) is 26.9. The number of hydrogen-bond donors (Lipinski definition) is 1. The Bertz CT molecular complexity index is 1540. The van der Waals surface area contributed by atoms with Gasteiger partial charge in [-0.2, -0.15) is 0 Å². The first kappa shape index (κ1) is 23.8. The van der Waals surface area contributed by atoms with Crippen molar-refractivity contribution in [1.82, 2.24) is 5.32 Å². The van der Waals surface area contributed by atoms with Crippen molar-refractivity contribution in [2.24, 2.45) is 11.8 Å². The van der Waals surface area contributed by atoms with Crippen molar-refractivity contribution in [2.75, 3.05) is 27.8 Å². The second kappa shape index (κ2) is 8.61. The standard InChI is InChI=1S/C31H28N4O4/c1-2-22-26-27(29(38)35(28(26)37)20-11-4-3-5-12-20)31(32-22)21-13-7-9-15-24(21)34(30(31)39)18-25(36)33-17-16-19-10-6-8-14-23(19)33/h3-15,22,26-27,32H,2,16-18H2,1H3/t22-,26-,27-,31-/m0/s1. The number of hydrogen-bond acceptors (Lipinski definition) is 5. The topological polar surface area (TPSA) is 90.0 Å². The first-order valence-electron chi connectivity index (χ1n) is 13.5. The van der Waals surface area contributed by atoms with Crippen LogP contribution in [0.15, 0.2) is 78.9 Å². The van der Waals surface area contributed by atoms with Crippen LogP contribution in [0, 0.1) is 11.8 Å². The molecule has 7 rings (SSSR count). The van der Waals surface area contributed by atoms with Crippen LogP contribution >= 0.6 is 0 Å². The SMILES string of the molecule is CC[C@@H]1N[C@]2(C(=O)N(CC(=O)N3CCc4ccccc43)c3ccccc32)[C@@H]2C(=O)N(c3ccccc3)C(=O)[C@@H]12. The van der Waals surface area contributed by atoms with Crippen LogP contribution in [0.25, 0.3) is 0 Å². The van der Waals surface area contributed by atoms with E-state index >= 15 is 0 Å². The monoisotopic (exact) mass is 520 g/mol. The van der Waals surface area contributed by atoms with E-state index in [1.54, 1.807) is 29.2 Å². The van der Waals surface area contributed by atoms with E-state index in [-0.39, 0.29) is 36.2 Å². The number of nitrogens with zero attached hydrogens (tertiary/aromatic N) is 3. The maximum absolute atomic E-state index is 14.5. The average Bonchev–Trinajstić information content (AvgIpc) is 3.68. The number of anilines is 3. The van der Waals surface area contributed by atoms with Gasteiger partial charge in [-0.05, 0) is 42.7 Å². The lowest BCUT2D eigenvalue weighted by Gasteiger charge is -2.30. The Morgan fingerprint density at radius 3 is 2.36 bits per heavy atom. The first-order chi connectivity index (χ1) is 19.0. The molecule has 4 heterocycles. The molecule has 1 spiro atoms. The summed E-state index contributed by atoms with van der Waals surface area (Å²) in [7, 11) is 0. The lowest BCUT2D eigenvalue weighted by atomic mass is 9.76. The summed E-state index contributed by atoms with van der Waals surface area (Å²) in [5.74, 6) is -2.80. The maximum Gasteiger partial charge on any atom is 0.253 e. The molecule has 2 saturated heterocycles. The summed E-state index contributed by atoms with van der Waals surface area (Å²) >= 11 is 0. The fourth-order valence-electron chi connectivity index (χ4n) is 7.11. The highest BCUT2D eigenvalue weighted by molar-refractivity contribution is 6.26. The van der Waals surface area contributed by atoms with Gasteiger partial charge in [-0.25, -0.2) is 4.90 Å². The minimum atomic E-state index is -1.42. The molecule has 8 heteroatoms. The number of carbonyl (C=O) groups excluding carboxylic acids is 4. The molecule has 0 radical (unpaired) electrons. The zero-order valence-corrected chi connectivity index (χ0v) is 21.5. The van der Waals surface area contributed by atoms with Crippen LogP contribution in [0.3, 0.4) is 0 Å². The second-order valence-corrected chi connectivity index (χ2v) is 10.7. The number of amides is 4. The van der Waals surface area contributed by atoms with Crippen LogP contribution in [0.4, 0.5) is 17.1 Å². The molecule has 0 aliphatic carbocycles. The smallest absolute Gasteiger partial charge is 0.253 e. The van der Waals surface area contributed by atoms with Crippen molar-refractivity contribution in [1.29, 1.82) is 0 Å². The van der Waals surface area contributed by atoms with Gasteiger partial charge in [0.1, 0.15) is 12.1 Å². The summed E-state index contributed by atoms with van der Waals surface area (Å²) in [4.78, 5) is 60.4. The van der Waals surface area contributed by atoms with Crippen LogP contribution in [0.2, 0.25) is 0 Å². The molecular weight excluding hydrogens is 492 g/mol. The highest BCUT2D eigenvalue weighted by Gasteiger charge is 2.71. The van der Waals surface area contributed by atoms with E-state index in [0.717, 1.165) is 17.7 Å². The number of para-hydroxylation sites is 3. The van der Waals surface area contributed by atoms with Crippen molar-refractivity contribution in [3.63, 3.8) is 0 Å². The molecule has 2 fully saturated rings. The van der Waals surface area contributed by atoms with Gasteiger partial charge in [-0.1, -0.05) is 61.5 Å². The van der Waals surface area contributed by atoms with Gasteiger partial charge in [-0.15, -0.1) is 0 Å². The molecule has 196 valence electrons. The predicted molar refractivity (Wildman–Crippen MR) is 146 cm³/mol. The predicted octanol–water partition coefficient (Wildman–Crippen LogP) is 3.01. The molecule has 0 unspecified atom stereocenters. The lowest BCUT2D eigenvalue weighted by Crippen LogP contribution is -2.56. The van der Waals surface area contributed by atoms with Crippen molar-refractivity contribution in [3.05, 3.63) is 90.0 Å². The molecule has 4 atom stereocenters. The first-order valence-corrected chi connectivity index (χ1v) is 13.5. The van der Waals surface area contributed by atoms with E-state index in [1.165, 1.54) is 9.80 Å². The summed E-state index contributed by atoms with van der Waals surface area (Å²) in [6.45, 7) is 2.37. The molecule has 3 aromatic rings. The Kier molecular flexibility index (Phi) is 5.25. The van der Waals surface area contributed by atoms with Crippen LogP contribution in [0.5, 0.6) is 0 Å². The van der Waals surface area contributed by atoms with E-state index in [1.807, 2.05) is 61.5 Å². The van der Waals surface area contributed by atoms with Gasteiger partial charge in [0.2, 0.25) is 17.7 Å². The molecule has 0 bridgehead atoms. The van der Waals surface area contributed by atoms with Crippen molar-refractivity contribution in [3.8, 4) is 0 Å². The number of nitrogens with one attached hydrogen (secondary N) is 1. The molecule has 39 heavy (non-hydrogen) atoms. The number of carbonyl (C=O) groups is 4. The maximum atomic E-state index is 14.5. The Morgan fingerprint density at radius 1 is 0.897 bits per heavy atom. The Hall–Kier alpha value is -4.30. The van der Waals surface area contributed by atoms with Crippen LogP contribution in [-0.2, 0) is 31.1 Å². The molecule has 1 N–H and O–H groups in total. The fourth-order valence-corrected chi connectivity index (χ4v) is 7.11. The summed E-state index contributed by atoms with van der Waals surface area (Å²) in [5, 5.41) is 3.46. The number of fused-ring (bicyclic) bond motifs is 5. The van der Waals surface area contributed by atoms with Gasteiger partial charge in [-0.3, -0.25) is 24.5 Å². The minimum Gasteiger partial charge on any atom is -0.310 e. The van der Waals surface area contributed by atoms with Crippen LogP contribution in [0.1, 0.15) is 24.5 Å². The van der Waals surface area contributed by atoms with Gasteiger partial charge in [0.15, 0.2) is 0 Å². The zero-order chi connectivity index (χ0) is 26.9. The minimum absolute atomic E-state index is 0.147. The van der Waals surface area contributed by atoms with Crippen molar-refractivity contribution in [2.45, 2.75) is 31.3 Å². The van der Waals surface area contributed by atoms with Crippen LogP contribution in [-0.4, -0.2) is 42.8 Å². The highest BCUT2D eigenvalue weighted by atomic mass is 16.2. The zero-order valence-electron chi connectivity index (χ0n) is 21.5. The fraction of sp³-hybridized carbons (Fsp3) is 0.290. The summed E-state index contributed by atoms with van der Waals surface area (Å²) < 4.78 is 0. The molecule has 4 aliphatic heterocycles. The largest absolute Gasteiger partial charge is 0.310 e. The Labute approximate surface area is 226 Å². The summed E-state index contributed by atoms with van der Waals surface area (Å²) in [5.41, 5.74) is 2.32. The summed E-state index contributed by atoms with van der Waals surface area (Å²) in [6, 6.07) is 23.7. The number of imide groups is 1. The van der Waals surface area contributed by atoms with Gasteiger partial charge >= 0.3 is 0 Å². The van der Waals surface area contributed by atoms with Gasteiger partial charge in [0, 0.05) is 29.5 Å². The number of rotatable bonds is 4. The lowest BCUT2D eigenvalue weighted by molar-refractivity contribution is -0.132. The van der Waals surface area contributed by atoms with E-state index in [9.17, 15) is 19.2 Å². The third-order valence-corrected chi connectivity index (χ3v) is 8.80. The van der Waals surface area contributed by atoms with Gasteiger partial charge in [0.05, 0.1) is 17.5 Å². The van der Waals surface area contributed by atoms with E-state index < -0.39 is 17.4 Å². The average molecular weight is 521 g/mol. The quantitative estimate of drug-likeness (QED) is 0.535. The second-order valence-electron chi connectivity index (χ2n) is 10.7. The molecule has 4 aliphatic rings. The van der Waals surface area contributed by atoms with Crippen molar-refractivity contribution >= 4 is 40.7 Å². The molecule has 4 amide bonds. The molecule has 0 saturated carbocycles. The van der Waals surface area contributed by atoms with E-state index in [2.05, 4.69) is 5.32 Å². The van der Waals surface area contributed by atoms with Crippen molar-refractivity contribution < 1.29 is 19.2 Å². The molecular formula is C31H28N4O4. The Balaban J connectivity index is 1.29. The third-order valence-electron chi connectivity index (χ3n) is 8.80. The van der Waals surface area contributed by atoms with E-state index in [4.69, 9.17) is 0 Å². The number of benzene rings is 3. The molecule has 8 nitrogen and oxygen atoms in total. The van der Waals surface area contributed by atoms with Gasteiger partial charge < -0.3 is 9.80 Å². The van der Waals surface area contributed by atoms with Gasteiger partial charge in [0.25, 0.3) is 5.91 Å². The molecule has 3 aromatic carbocycles. The Morgan fingerprint density at radius 2 is 1.59 bits per heavy atom. The van der Waals surface area contributed by atoms with E-state index in [0.29, 0.717) is 29.9 Å². The highest BCUT2D eigenvalue weighted by Crippen LogP contribution is 2.55.